The fraction of sp³-hybridized carbons (Fsp3) is 0.400. The second-order valence-corrected chi connectivity index (χ2v) is 3.34. The number of aromatic nitrogens is 1. The van der Waals surface area contributed by atoms with E-state index < -0.39 is 12.0 Å². The van der Waals surface area contributed by atoms with Gasteiger partial charge in [-0.1, -0.05) is 0 Å². The molecule has 0 fully saturated rings. The largest absolute Gasteiger partial charge is 0.468 e. The lowest BCUT2D eigenvalue weighted by molar-refractivity contribution is -0.142. The van der Waals surface area contributed by atoms with Crippen molar-refractivity contribution in [3.63, 3.8) is 0 Å². The molecule has 0 aliphatic carbocycles. The number of hydrogen-bond acceptors (Lipinski definition) is 4. The Morgan fingerprint density at radius 3 is 2.87 bits per heavy atom. The van der Waals surface area contributed by atoms with Crippen molar-refractivity contribution >= 4 is 5.97 Å². The zero-order valence-electron chi connectivity index (χ0n) is 8.74. The number of nitrogens with one attached hydrogen (secondary N) is 1. The number of pyridine rings is 1. The van der Waals surface area contributed by atoms with Crippen molar-refractivity contribution in [3.8, 4) is 0 Å². The second-order valence-electron chi connectivity index (χ2n) is 3.34. The molecular formula is C10H14N2O3. The fourth-order valence-corrected chi connectivity index (χ4v) is 1.29. The lowest BCUT2D eigenvalue weighted by atomic mass is 10.0. The molecule has 0 aromatic carbocycles. The van der Waals surface area contributed by atoms with Crippen LogP contribution in [-0.2, 0) is 16.0 Å². The zero-order chi connectivity index (χ0) is 11.4. The Kier molecular flexibility index (Phi) is 3.62. The number of H-pyrrole nitrogens is 1. The Balaban J connectivity index is 2.81. The topological polar surface area (TPSA) is 85.2 Å². The summed E-state index contributed by atoms with van der Waals surface area (Å²) < 4.78 is 4.51. The standard InChI is InChI=1S/C10H14N2O3/c1-6-3-9(13)12-5-7(6)4-8(11)10(14)15-2/h3,5,8H,4,11H2,1-2H3,(H,12,13)/t8-/m0/s1. The predicted octanol–water partition coefficient (Wildman–Crippen LogP) is -0.274. The van der Waals surface area contributed by atoms with Gasteiger partial charge >= 0.3 is 5.97 Å². The van der Waals surface area contributed by atoms with E-state index in [-0.39, 0.29) is 5.56 Å². The molecule has 0 aliphatic heterocycles. The summed E-state index contributed by atoms with van der Waals surface area (Å²) in [5.41, 5.74) is 7.09. The van der Waals surface area contributed by atoms with Crippen LogP contribution in [0.5, 0.6) is 0 Å². The van der Waals surface area contributed by atoms with Crippen LogP contribution in [0.2, 0.25) is 0 Å². The third kappa shape index (κ3) is 2.92. The molecule has 1 rings (SSSR count). The normalized spacial score (nSPS) is 12.2. The first-order valence-electron chi connectivity index (χ1n) is 4.56. The van der Waals surface area contributed by atoms with Crippen LogP contribution in [0.1, 0.15) is 11.1 Å². The molecule has 0 unspecified atom stereocenters. The van der Waals surface area contributed by atoms with Gasteiger partial charge in [0.05, 0.1) is 7.11 Å². The van der Waals surface area contributed by atoms with E-state index in [0.717, 1.165) is 11.1 Å². The highest BCUT2D eigenvalue weighted by Crippen LogP contribution is 2.06. The molecule has 1 aromatic rings. The maximum absolute atomic E-state index is 11.1. The van der Waals surface area contributed by atoms with Gasteiger partial charge in [-0.3, -0.25) is 9.59 Å². The molecule has 15 heavy (non-hydrogen) atoms. The highest BCUT2D eigenvalue weighted by molar-refractivity contribution is 5.75. The average molecular weight is 210 g/mol. The van der Waals surface area contributed by atoms with Gasteiger partial charge in [-0.05, 0) is 24.5 Å². The van der Waals surface area contributed by atoms with Gasteiger partial charge in [-0.2, -0.15) is 0 Å². The van der Waals surface area contributed by atoms with Crippen LogP contribution in [0.25, 0.3) is 0 Å². The Morgan fingerprint density at radius 2 is 2.33 bits per heavy atom. The summed E-state index contributed by atoms with van der Waals surface area (Å²) in [6.45, 7) is 1.80. The molecule has 5 nitrogen and oxygen atoms in total. The van der Waals surface area contributed by atoms with Gasteiger partial charge in [0, 0.05) is 12.3 Å². The van der Waals surface area contributed by atoms with Gasteiger partial charge in [-0.15, -0.1) is 0 Å². The monoisotopic (exact) mass is 210 g/mol. The smallest absolute Gasteiger partial charge is 0.322 e. The molecule has 0 saturated carbocycles. The number of methoxy groups -OCH3 is 1. The van der Waals surface area contributed by atoms with E-state index in [9.17, 15) is 9.59 Å². The number of hydrogen-bond donors (Lipinski definition) is 2. The number of aryl methyl sites for hydroxylation is 1. The first-order valence-corrected chi connectivity index (χ1v) is 4.56. The van der Waals surface area contributed by atoms with Crippen LogP contribution >= 0.6 is 0 Å². The summed E-state index contributed by atoms with van der Waals surface area (Å²) >= 11 is 0. The Labute approximate surface area is 87.3 Å². The van der Waals surface area contributed by atoms with Crippen LogP contribution in [-0.4, -0.2) is 24.1 Å². The maximum Gasteiger partial charge on any atom is 0.322 e. The predicted molar refractivity (Wildman–Crippen MR) is 55.5 cm³/mol. The molecule has 0 bridgehead atoms. The number of aromatic amines is 1. The number of carbonyl (C=O) groups is 1. The molecule has 5 heteroatoms. The van der Waals surface area contributed by atoms with Gasteiger partial charge in [0.25, 0.3) is 0 Å². The minimum atomic E-state index is -0.695. The second kappa shape index (κ2) is 4.75. The SMILES string of the molecule is COC(=O)[C@@H](N)Cc1c[nH]c(=O)cc1C. The van der Waals surface area contributed by atoms with Gasteiger partial charge in [0.2, 0.25) is 5.56 Å². The summed E-state index contributed by atoms with van der Waals surface area (Å²) in [6, 6.07) is 0.777. The van der Waals surface area contributed by atoms with Crippen molar-refractivity contribution in [1.29, 1.82) is 0 Å². The molecule has 0 saturated heterocycles. The van der Waals surface area contributed by atoms with E-state index in [1.54, 1.807) is 13.1 Å². The first kappa shape index (κ1) is 11.5. The maximum atomic E-state index is 11.1. The van der Waals surface area contributed by atoms with Crippen LogP contribution in [0, 0.1) is 6.92 Å². The molecule has 0 spiro atoms. The summed E-state index contributed by atoms with van der Waals surface area (Å²) in [4.78, 5) is 24.6. The van der Waals surface area contributed by atoms with Crippen molar-refractivity contribution < 1.29 is 9.53 Å². The quantitative estimate of drug-likeness (QED) is 0.672. The number of rotatable bonds is 3. The minimum absolute atomic E-state index is 0.164. The lowest BCUT2D eigenvalue weighted by Gasteiger charge is -2.10. The Bertz CT molecular complexity index is 411. The van der Waals surface area contributed by atoms with Crippen molar-refractivity contribution in [2.45, 2.75) is 19.4 Å². The van der Waals surface area contributed by atoms with E-state index in [1.807, 2.05) is 0 Å². The van der Waals surface area contributed by atoms with Gasteiger partial charge in [0.15, 0.2) is 0 Å². The van der Waals surface area contributed by atoms with Crippen LogP contribution < -0.4 is 11.3 Å². The fourth-order valence-electron chi connectivity index (χ4n) is 1.29. The Hall–Kier alpha value is -1.62. The molecule has 1 heterocycles. The molecular weight excluding hydrogens is 196 g/mol. The van der Waals surface area contributed by atoms with E-state index in [1.165, 1.54) is 13.2 Å². The molecule has 1 atom stereocenters. The molecule has 1 aromatic heterocycles. The van der Waals surface area contributed by atoms with Gasteiger partial charge in [-0.25, -0.2) is 0 Å². The number of ether oxygens (including phenoxy) is 1. The summed E-state index contributed by atoms with van der Waals surface area (Å²) in [7, 11) is 1.29. The number of carbonyl (C=O) groups excluding carboxylic acids is 1. The van der Waals surface area contributed by atoms with E-state index in [4.69, 9.17) is 5.73 Å². The summed E-state index contributed by atoms with van der Waals surface area (Å²) in [5, 5.41) is 0. The molecule has 0 radical (unpaired) electrons. The molecule has 82 valence electrons. The average Bonchev–Trinajstić information content (AvgIpc) is 2.20. The lowest BCUT2D eigenvalue weighted by Crippen LogP contribution is -2.34. The first-order chi connectivity index (χ1) is 7.04. The van der Waals surface area contributed by atoms with Crippen LogP contribution in [0.4, 0.5) is 0 Å². The summed E-state index contributed by atoms with van der Waals surface area (Å²) in [6.07, 6.45) is 1.93. The van der Waals surface area contributed by atoms with Crippen LogP contribution in [0.3, 0.4) is 0 Å². The van der Waals surface area contributed by atoms with E-state index in [2.05, 4.69) is 9.72 Å². The minimum Gasteiger partial charge on any atom is -0.468 e. The highest BCUT2D eigenvalue weighted by Gasteiger charge is 2.15. The molecule has 0 amide bonds. The van der Waals surface area contributed by atoms with Crippen molar-refractivity contribution in [1.82, 2.24) is 4.98 Å². The highest BCUT2D eigenvalue weighted by atomic mass is 16.5. The molecule has 0 aliphatic rings. The number of esters is 1. The van der Waals surface area contributed by atoms with Crippen LogP contribution in [0.15, 0.2) is 17.1 Å². The number of nitrogens with two attached hydrogens (primary N) is 1. The van der Waals surface area contributed by atoms with Crippen molar-refractivity contribution in [2.24, 2.45) is 5.73 Å². The Morgan fingerprint density at radius 1 is 1.67 bits per heavy atom. The zero-order valence-corrected chi connectivity index (χ0v) is 8.74. The van der Waals surface area contributed by atoms with E-state index >= 15 is 0 Å². The van der Waals surface area contributed by atoms with Crippen molar-refractivity contribution in [2.75, 3.05) is 7.11 Å². The van der Waals surface area contributed by atoms with E-state index in [0.29, 0.717) is 6.42 Å². The van der Waals surface area contributed by atoms with Crippen molar-refractivity contribution in [3.05, 3.63) is 33.7 Å². The third-order valence-corrected chi connectivity index (χ3v) is 2.19. The summed E-state index contributed by atoms with van der Waals surface area (Å²) in [5.74, 6) is -0.458. The van der Waals surface area contributed by atoms with Gasteiger partial charge in [0.1, 0.15) is 6.04 Å². The van der Waals surface area contributed by atoms with Gasteiger partial charge < -0.3 is 15.5 Å². The molecule has 3 N–H and O–H groups in total. The third-order valence-electron chi connectivity index (χ3n) is 2.19.